The van der Waals surface area contributed by atoms with Crippen LogP contribution in [0.2, 0.25) is 0 Å². The van der Waals surface area contributed by atoms with Crippen LogP contribution in [0.15, 0.2) is 0 Å². The SMILES string of the molecule is CC(C)CC1(O)C[C@H](C)CC(F)(F)C1. The maximum absolute atomic E-state index is 13.2. The summed E-state index contributed by atoms with van der Waals surface area (Å²) in [5.41, 5.74) is -1.14. The van der Waals surface area contributed by atoms with Crippen molar-refractivity contribution in [3.05, 3.63) is 0 Å². The first-order chi connectivity index (χ1) is 6.22. The maximum Gasteiger partial charge on any atom is 0.251 e. The number of halogens is 2. The molecule has 1 aliphatic carbocycles. The van der Waals surface area contributed by atoms with Crippen molar-refractivity contribution < 1.29 is 13.9 Å². The van der Waals surface area contributed by atoms with E-state index < -0.39 is 11.5 Å². The molecule has 1 saturated carbocycles. The molecule has 2 atom stereocenters. The lowest BCUT2D eigenvalue weighted by molar-refractivity contribution is -0.146. The third-order valence-electron chi connectivity index (χ3n) is 2.75. The number of rotatable bonds is 2. The molecule has 1 aliphatic rings. The molecule has 0 aliphatic heterocycles. The number of hydrogen-bond donors (Lipinski definition) is 1. The molecule has 0 saturated heterocycles. The average Bonchev–Trinajstić information content (AvgIpc) is 1.74. The number of aliphatic hydroxyl groups is 1. The Labute approximate surface area is 84.5 Å². The van der Waals surface area contributed by atoms with E-state index in [2.05, 4.69) is 0 Å². The Morgan fingerprint density at radius 1 is 1.36 bits per heavy atom. The molecule has 14 heavy (non-hydrogen) atoms. The van der Waals surface area contributed by atoms with Crippen LogP contribution in [0.1, 0.15) is 46.5 Å². The highest BCUT2D eigenvalue weighted by Crippen LogP contribution is 2.44. The Kier molecular flexibility index (Phi) is 3.20. The molecule has 1 fully saturated rings. The molecular weight excluding hydrogens is 186 g/mol. The first-order valence-corrected chi connectivity index (χ1v) is 5.33. The van der Waals surface area contributed by atoms with Gasteiger partial charge in [0.15, 0.2) is 0 Å². The Bertz CT molecular complexity index is 199. The van der Waals surface area contributed by atoms with Gasteiger partial charge in [0.25, 0.3) is 5.92 Å². The van der Waals surface area contributed by atoms with Crippen LogP contribution in [0.4, 0.5) is 8.78 Å². The fourth-order valence-electron chi connectivity index (χ4n) is 2.77. The molecule has 0 bridgehead atoms. The molecule has 1 unspecified atom stereocenters. The molecule has 1 N–H and O–H groups in total. The summed E-state index contributed by atoms with van der Waals surface area (Å²) >= 11 is 0. The molecule has 0 amide bonds. The van der Waals surface area contributed by atoms with Gasteiger partial charge in [-0.05, 0) is 24.7 Å². The summed E-state index contributed by atoms with van der Waals surface area (Å²) in [6, 6.07) is 0. The highest BCUT2D eigenvalue weighted by Gasteiger charge is 2.47. The summed E-state index contributed by atoms with van der Waals surface area (Å²) in [4.78, 5) is 0. The molecule has 3 heteroatoms. The standard InChI is InChI=1S/C11H20F2O/c1-8(2)4-10(14)5-9(3)6-11(12,13)7-10/h8-9,14H,4-7H2,1-3H3/t9-,10?/m0/s1. The van der Waals surface area contributed by atoms with Crippen LogP contribution in [0.25, 0.3) is 0 Å². The molecular formula is C11H20F2O. The quantitative estimate of drug-likeness (QED) is 0.735. The minimum atomic E-state index is -2.68. The van der Waals surface area contributed by atoms with Gasteiger partial charge in [0.05, 0.1) is 5.60 Å². The van der Waals surface area contributed by atoms with E-state index in [1.165, 1.54) is 0 Å². The Morgan fingerprint density at radius 2 is 1.93 bits per heavy atom. The third-order valence-corrected chi connectivity index (χ3v) is 2.75. The van der Waals surface area contributed by atoms with Gasteiger partial charge in [-0.1, -0.05) is 20.8 Å². The molecule has 1 rings (SSSR count). The molecule has 0 aromatic heterocycles. The van der Waals surface area contributed by atoms with Gasteiger partial charge in [-0.3, -0.25) is 0 Å². The van der Waals surface area contributed by atoms with Crippen molar-refractivity contribution in [3.63, 3.8) is 0 Å². The smallest absolute Gasteiger partial charge is 0.251 e. The largest absolute Gasteiger partial charge is 0.390 e. The van der Waals surface area contributed by atoms with Crippen molar-refractivity contribution in [1.82, 2.24) is 0 Å². The van der Waals surface area contributed by atoms with Gasteiger partial charge in [0.2, 0.25) is 0 Å². The maximum atomic E-state index is 13.2. The Hall–Kier alpha value is -0.180. The molecule has 0 aromatic rings. The summed E-state index contributed by atoms with van der Waals surface area (Å²) < 4.78 is 26.5. The van der Waals surface area contributed by atoms with E-state index in [0.717, 1.165) is 0 Å². The van der Waals surface area contributed by atoms with Crippen molar-refractivity contribution >= 4 is 0 Å². The van der Waals surface area contributed by atoms with Gasteiger partial charge in [0, 0.05) is 12.8 Å². The van der Waals surface area contributed by atoms with Crippen LogP contribution < -0.4 is 0 Å². The van der Waals surface area contributed by atoms with Gasteiger partial charge in [0.1, 0.15) is 0 Å². The zero-order valence-corrected chi connectivity index (χ0v) is 9.19. The molecule has 1 nitrogen and oxygen atoms in total. The summed E-state index contributed by atoms with van der Waals surface area (Å²) in [7, 11) is 0. The van der Waals surface area contributed by atoms with Crippen molar-refractivity contribution in [2.24, 2.45) is 11.8 Å². The molecule has 0 spiro atoms. The summed E-state index contributed by atoms with van der Waals surface area (Å²) in [5, 5.41) is 10.1. The van der Waals surface area contributed by atoms with E-state index in [-0.39, 0.29) is 24.7 Å². The lowest BCUT2D eigenvalue weighted by atomic mass is 9.73. The first-order valence-electron chi connectivity index (χ1n) is 5.33. The highest BCUT2D eigenvalue weighted by atomic mass is 19.3. The van der Waals surface area contributed by atoms with E-state index in [9.17, 15) is 13.9 Å². The fraction of sp³-hybridized carbons (Fsp3) is 1.00. The van der Waals surface area contributed by atoms with Crippen molar-refractivity contribution in [3.8, 4) is 0 Å². The average molecular weight is 206 g/mol. The van der Waals surface area contributed by atoms with Gasteiger partial charge in [-0.25, -0.2) is 8.78 Å². The Balaban J connectivity index is 2.68. The van der Waals surface area contributed by atoms with Crippen LogP contribution in [0, 0.1) is 11.8 Å². The molecule has 0 heterocycles. The Morgan fingerprint density at radius 3 is 2.36 bits per heavy atom. The van der Waals surface area contributed by atoms with Gasteiger partial charge < -0.3 is 5.11 Å². The van der Waals surface area contributed by atoms with E-state index >= 15 is 0 Å². The van der Waals surface area contributed by atoms with Crippen molar-refractivity contribution in [2.45, 2.75) is 58.0 Å². The predicted molar refractivity (Wildman–Crippen MR) is 52.4 cm³/mol. The monoisotopic (exact) mass is 206 g/mol. The van der Waals surface area contributed by atoms with Crippen LogP contribution in [0.5, 0.6) is 0 Å². The van der Waals surface area contributed by atoms with Crippen LogP contribution in [0.3, 0.4) is 0 Å². The zero-order chi connectivity index (χ0) is 11.0. The number of alkyl halides is 2. The van der Waals surface area contributed by atoms with Crippen LogP contribution in [-0.4, -0.2) is 16.6 Å². The number of hydrogen-bond acceptors (Lipinski definition) is 1. The van der Waals surface area contributed by atoms with Crippen LogP contribution >= 0.6 is 0 Å². The van der Waals surface area contributed by atoms with Gasteiger partial charge in [-0.2, -0.15) is 0 Å². The van der Waals surface area contributed by atoms with Crippen molar-refractivity contribution in [2.75, 3.05) is 0 Å². The first kappa shape index (κ1) is 11.9. The van der Waals surface area contributed by atoms with Crippen molar-refractivity contribution in [1.29, 1.82) is 0 Å². The van der Waals surface area contributed by atoms with E-state index in [1.807, 2.05) is 13.8 Å². The molecule has 0 aromatic carbocycles. The minimum Gasteiger partial charge on any atom is -0.390 e. The fourth-order valence-corrected chi connectivity index (χ4v) is 2.77. The second kappa shape index (κ2) is 3.76. The highest BCUT2D eigenvalue weighted by molar-refractivity contribution is 4.93. The predicted octanol–water partition coefficient (Wildman–Crippen LogP) is 3.22. The second-order valence-electron chi connectivity index (χ2n) is 5.37. The van der Waals surface area contributed by atoms with Crippen LogP contribution in [-0.2, 0) is 0 Å². The molecule has 84 valence electrons. The zero-order valence-electron chi connectivity index (χ0n) is 9.19. The van der Waals surface area contributed by atoms with Gasteiger partial charge in [-0.15, -0.1) is 0 Å². The molecule has 0 radical (unpaired) electrons. The summed E-state index contributed by atoms with van der Waals surface area (Å²) in [6.07, 6.45) is 0.559. The topological polar surface area (TPSA) is 20.2 Å². The van der Waals surface area contributed by atoms with E-state index in [1.54, 1.807) is 6.92 Å². The van der Waals surface area contributed by atoms with E-state index in [0.29, 0.717) is 12.8 Å². The van der Waals surface area contributed by atoms with Gasteiger partial charge >= 0.3 is 0 Å². The lowest BCUT2D eigenvalue weighted by Gasteiger charge is -2.40. The second-order valence-corrected chi connectivity index (χ2v) is 5.37. The summed E-state index contributed by atoms with van der Waals surface area (Å²) in [5.74, 6) is -2.50. The normalized spacial score (nSPS) is 37.5. The third kappa shape index (κ3) is 3.19. The lowest BCUT2D eigenvalue weighted by Crippen LogP contribution is -2.44. The van der Waals surface area contributed by atoms with E-state index in [4.69, 9.17) is 0 Å². The summed E-state index contributed by atoms with van der Waals surface area (Å²) in [6.45, 7) is 5.70. The minimum absolute atomic E-state index is 0.0760.